The first-order valence-electron chi connectivity index (χ1n) is 8.56. The first-order chi connectivity index (χ1) is 13.0. The summed E-state index contributed by atoms with van der Waals surface area (Å²) in [6, 6.07) is 16.7. The fraction of sp³-hybridized carbons (Fsp3) is 0.250. The van der Waals surface area contributed by atoms with E-state index in [2.05, 4.69) is 5.32 Å². The van der Waals surface area contributed by atoms with Crippen LogP contribution in [-0.4, -0.2) is 36.7 Å². The highest BCUT2D eigenvalue weighted by Crippen LogP contribution is 2.34. The van der Waals surface area contributed by atoms with Crippen LogP contribution in [0.2, 0.25) is 0 Å². The van der Waals surface area contributed by atoms with Gasteiger partial charge in [-0.25, -0.2) is 0 Å². The molecule has 1 aliphatic heterocycles. The summed E-state index contributed by atoms with van der Waals surface area (Å²) in [6.07, 6.45) is 0. The van der Waals surface area contributed by atoms with E-state index in [4.69, 9.17) is 4.74 Å². The number of para-hydroxylation sites is 1. The number of hydrogen-bond acceptors (Lipinski definition) is 5. The molecule has 27 heavy (non-hydrogen) atoms. The van der Waals surface area contributed by atoms with Gasteiger partial charge in [0.15, 0.2) is 6.61 Å². The third-order valence-electron chi connectivity index (χ3n) is 4.14. The average Bonchev–Trinajstić information content (AvgIpc) is 2.69. The minimum Gasteiger partial charge on any atom is -0.454 e. The van der Waals surface area contributed by atoms with Gasteiger partial charge in [-0.15, -0.1) is 11.8 Å². The molecule has 2 aromatic rings. The maximum absolute atomic E-state index is 12.2. The van der Waals surface area contributed by atoms with Gasteiger partial charge in [0.25, 0.3) is 5.91 Å². The summed E-state index contributed by atoms with van der Waals surface area (Å²) in [4.78, 5) is 38.6. The van der Waals surface area contributed by atoms with Gasteiger partial charge in [-0.3, -0.25) is 19.3 Å². The number of hydrogen-bond donors (Lipinski definition) is 1. The van der Waals surface area contributed by atoms with Gasteiger partial charge in [-0.2, -0.15) is 0 Å². The van der Waals surface area contributed by atoms with E-state index in [9.17, 15) is 14.4 Å². The van der Waals surface area contributed by atoms with Crippen molar-refractivity contribution < 1.29 is 19.1 Å². The smallest absolute Gasteiger partial charge is 0.326 e. The lowest BCUT2D eigenvalue weighted by atomic mass is 10.1. The lowest BCUT2D eigenvalue weighted by molar-refractivity contribution is -0.147. The molecule has 7 heteroatoms. The van der Waals surface area contributed by atoms with E-state index < -0.39 is 5.97 Å². The van der Waals surface area contributed by atoms with Crippen LogP contribution in [0.1, 0.15) is 18.5 Å². The fourth-order valence-corrected chi connectivity index (χ4v) is 3.69. The minimum absolute atomic E-state index is 0.155. The molecule has 140 valence electrons. The van der Waals surface area contributed by atoms with Gasteiger partial charge in [0, 0.05) is 4.90 Å². The Bertz CT molecular complexity index is 841. The zero-order valence-corrected chi connectivity index (χ0v) is 15.7. The SMILES string of the molecule is C[C@@H](NC(=O)COC(=O)CN1C(=O)CSc2ccccc21)c1ccccc1. The molecule has 0 aliphatic carbocycles. The normalized spacial score (nSPS) is 14.3. The lowest BCUT2D eigenvalue weighted by Crippen LogP contribution is -2.40. The van der Waals surface area contributed by atoms with E-state index in [0.29, 0.717) is 5.69 Å². The van der Waals surface area contributed by atoms with Crippen LogP contribution in [0.5, 0.6) is 0 Å². The zero-order chi connectivity index (χ0) is 19.2. The van der Waals surface area contributed by atoms with Crippen molar-refractivity contribution in [2.24, 2.45) is 0 Å². The monoisotopic (exact) mass is 384 g/mol. The predicted molar refractivity (Wildman–Crippen MR) is 103 cm³/mol. The fourth-order valence-electron chi connectivity index (χ4n) is 2.76. The van der Waals surface area contributed by atoms with Crippen LogP contribution in [0.15, 0.2) is 59.5 Å². The molecule has 0 fully saturated rings. The van der Waals surface area contributed by atoms with E-state index in [1.807, 2.05) is 55.5 Å². The summed E-state index contributed by atoms with van der Waals surface area (Å²) < 4.78 is 5.06. The standard InChI is InChI=1S/C20H20N2O4S/c1-14(15-7-3-2-4-8-15)21-18(23)12-26-20(25)11-22-16-9-5-6-10-17(16)27-13-19(22)24/h2-10,14H,11-13H2,1H3,(H,21,23)/t14-/m1/s1. The van der Waals surface area contributed by atoms with Crippen molar-refractivity contribution in [3.05, 3.63) is 60.2 Å². The quantitative estimate of drug-likeness (QED) is 0.775. The summed E-state index contributed by atoms with van der Waals surface area (Å²) in [5.74, 6) is -0.884. The van der Waals surface area contributed by atoms with Crippen molar-refractivity contribution in [3.63, 3.8) is 0 Å². The number of benzene rings is 2. The highest BCUT2D eigenvalue weighted by molar-refractivity contribution is 8.00. The van der Waals surface area contributed by atoms with Crippen molar-refractivity contribution in [1.29, 1.82) is 0 Å². The third-order valence-corrected chi connectivity index (χ3v) is 5.18. The number of fused-ring (bicyclic) bond motifs is 1. The molecule has 1 aliphatic rings. The molecule has 0 saturated carbocycles. The van der Waals surface area contributed by atoms with Crippen LogP contribution in [0.25, 0.3) is 0 Å². The van der Waals surface area contributed by atoms with Crippen LogP contribution in [0, 0.1) is 0 Å². The van der Waals surface area contributed by atoms with Crippen molar-refractivity contribution in [2.75, 3.05) is 23.8 Å². The molecule has 0 aromatic heterocycles. The van der Waals surface area contributed by atoms with E-state index in [1.54, 1.807) is 6.07 Å². The molecule has 1 N–H and O–H groups in total. The van der Waals surface area contributed by atoms with E-state index in [0.717, 1.165) is 10.5 Å². The van der Waals surface area contributed by atoms with Gasteiger partial charge in [0.2, 0.25) is 5.91 Å². The second-order valence-corrected chi connectivity index (χ2v) is 7.11. The van der Waals surface area contributed by atoms with E-state index in [-0.39, 0.29) is 36.8 Å². The molecule has 1 atom stereocenters. The first-order valence-corrected chi connectivity index (χ1v) is 9.55. The number of anilines is 1. The molecule has 6 nitrogen and oxygen atoms in total. The van der Waals surface area contributed by atoms with Crippen LogP contribution in [-0.2, 0) is 19.1 Å². The van der Waals surface area contributed by atoms with Crippen LogP contribution >= 0.6 is 11.8 Å². The number of thioether (sulfide) groups is 1. The molecule has 1 heterocycles. The van der Waals surface area contributed by atoms with Crippen molar-refractivity contribution >= 4 is 35.2 Å². The largest absolute Gasteiger partial charge is 0.454 e. The van der Waals surface area contributed by atoms with E-state index in [1.165, 1.54) is 16.7 Å². The summed E-state index contributed by atoms with van der Waals surface area (Å²) >= 11 is 1.44. The van der Waals surface area contributed by atoms with Crippen LogP contribution in [0.3, 0.4) is 0 Å². The zero-order valence-electron chi connectivity index (χ0n) is 14.9. The summed E-state index contributed by atoms with van der Waals surface area (Å²) in [6.45, 7) is 1.27. The Hall–Kier alpha value is -2.80. The Morgan fingerprint density at radius 1 is 1.15 bits per heavy atom. The molecule has 0 spiro atoms. The topological polar surface area (TPSA) is 75.7 Å². The Morgan fingerprint density at radius 2 is 1.85 bits per heavy atom. The van der Waals surface area contributed by atoms with Crippen LogP contribution in [0.4, 0.5) is 5.69 Å². The van der Waals surface area contributed by atoms with Gasteiger partial charge in [0.1, 0.15) is 6.54 Å². The first kappa shape index (κ1) is 19.0. The van der Waals surface area contributed by atoms with Gasteiger partial charge >= 0.3 is 5.97 Å². The van der Waals surface area contributed by atoms with Crippen LogP contribution < -0.4 is 10.2 Å². The number of ether oxygens (including phenoxy) is 1. The Morgan fingerprint density at radius 3 is 2.63 bits per heavy atom. The molecule has 3 rings (SSSR count). The maximum Gasteiger partial charge on any atom is 0.326 e. The van der Waals surface area contributed by atoms with Gasteiger partial charge < -0.3 is 10.1 Å². The van der Waals surface area contributed by atoms with Gasteiger partial charge in [0.05, 0.1) is 17.5 Å². The third kappa shape index (κ3) is 4.89. The summed E-state index contributed by atoms with van der Waals surface area (Å²) in [5.41, 5.74) is 1.66. The predicted octanol–water partition coefficient (Wildman–Crippen LogP) is 2.55. The Kier molecular flexibility index (Phi) is 6.13. The number of nitrogens with zero attached hydrogens (tertiary/aromatic N) is 1. The highest BCUT2D eigenvalue weighted by Gasteiger charge is 2.27. The second kappa shape index (κ2) is 8.73. The number of esters is 1. The van der Waals surface area contributed by atoms with Gasteiger partial charge in [-0.05, 0) is 24.6 Å². The number of rotatable bonds is 6. The molecule has 0 saturated heterocycles. The molecule has 0 radical (unpaired) electrons. The van der Waals surface area contributed by atoms with Crippen molar-refractivity contribution in [3.8, 4) is 0 Å². The second-order valence-electron chi connectivity index (χ2n) is 6.10. The van der Waals surface area contributed by atoms with Gasteiger partial charge in [-0.1, -0.05) is 42.5 Å². The number of carbonyl (C=O) groups excluding carboxylic acids is 3. The maximum atomic E-state index is 12.2. The molecule has 2 aromatic carbocycles. The average molecular weight is 384 g/mol. The molecule has 0 bridgehead atoms. The summed E-state index contributed by atoms with van der Waals surface area (Å²) in [7, 11) is 0. The highest BCUT2D eigenvalue weighted by atomic mass is 32.2. The number of amides is 2. The number of carbonyl (C=O) groups is 3. The lowest BCUT2D eigenvalue weighted by Gasteiger charge is -2.27. The van der Waals surface area contributed by atoms with Crippen molar-refractivity contribution in [2.45, 2.75) is 17.9 Å². The summed E-state index contributed by atoms with van der Waals surface area (Å²) in [5, 5.41) is 2.78. The molecular weight excluding hydrogens is 364 g/mol. The molecule has 0 unspecified atom stereocenters. The Balaban J connectivity index is 1.51. The number of nitrogens with one attached hydrogen (secondary N) is 1. The van der Waals surface area contributed by atoms with Crippen molar-refractivity contribution in [1.82, 2.24) is 5.32 Å². The Labute approximate surface area is 161 Å². The molecule has 2 amide bonds. The van der Waals surface area contributed by atoms with E-state index >= 15 is 0 Å². The molecular formula is C20H20N2O4S. The minimum atomic E-state index is -0.618.